The van der Waals surface area contributed by atoms with Crippen LogP contribution in [0.2, 0.25) is 0 Å². The van der Waals surface area contributed by atoms with E-state index in [-0.39, 0.29) is 0 Å². The second-order valence-electron chi connectivity index (χ2n) is 5.65. The Balaban J connectivity index is 2.34. The van der Waals surface area contributed by atoms with Crippen molar-refractivity contribution in [2.45, 2.75) is 65.7 Å². The zero-order valence-electron chi connectivity index (χ0n) is 12.7. The van der Waals surface area contributed by atoms with E-state index in [9.17, 15) is 4.79 Å². The molecule has 1 heteroatoms. The smallest absolute Gasteiger partial charge is 0.133 e. The molecule has 1 nitrogen and oxygen atoms in total. The molecule has 19 heavy (non-hydrogen) atoms. The van der Waals surface area contributed by atoms with E-state index in [1.807, 2.05) is 0 Å². The van der Waals surface area contributed by atoms with Crippen LogP contribution in [0.4, 0.5) is 0 Å². The molecular formula is C18H28O. The molecule has 0 heterocycles. The number of rotatable bonds is 9. The highest BCUT2D eigenvalue weighted by atomic mass is 16.1. The lowest BCUT2D eigenvalue weighted by Gasteiger charge is -2.13. The van der Waals surface area contributed by atoms with Gasteiger partial charge in [-0.2, -0.15) is 0 Å². The van der Waals surface area contributed by atoms with Crippen LogP contribution in [0.5, 0.6) is 0 Å². The summed E-state index contributed by atoms with van der Waals surface area (Å²) in [5, 5.41) is 0. The van der Waals surface area contributed by atoms with E-state index in [4.69, 9.17) is 0 Å². The first-order valence-electron chi connectivity index (χ1n) is 7.73. The highest BCUT2D eigenvalue weighted by Crippen LogP contribution is 2.18. The fourth-order valence-corrected chi connectivity index (χ4v) is 2.52. The van der Waals surface area contributed by atoms with Crippen LogP contribution in [-0.2, 0) is 11.2 Å². The summed E-state index contributed by atoms with van der Waals surface area (Å²) in [7, 11) is 0. The molecule has 0 aliphatic carbocycles. The lowest BCUT2D eigenvalue weighted by molar-refractivity contribution is -0.120. The second-order valence-corrected chi connectivity index (χ2v) is 5.65. The first kappa shape index (κ1) is 15.9. The van der Waals surface area contributed by atoms with E-state index >= 15 is 0 Å². The van der Waals surface area contributed by atoms with Gasteiger partial charge in [-0.1, -0.05) is 69.4 Å². The molecule has 0 spiro atoms. The number of ketones is 1. The van der Waals surface area contributed by atoms with E-state index in [2.05, 4.69) is 45.0 Å². The number of aryl methyl sites for hydroxylation is 2. The van der Waals surface area contributed by atoms with E-state index in [1.54, 1.807) is 0 Å². The molecule has 0 saturated carbocycles. The third-order valence-corrected chi connectivity index (χ3v) is 3.83. The normalized spacial score (nSPS) is 12.4. The Morgan fingerprint density at radius 1 is 1.26 bits per heavy atom. The minimum Gasteiger partial charge on any atom is -0.300 e. The molecule has 0 aliphatic heterocycles. The fraction of sp³-hybridized carbons (Fsp3) is 0.611. The highest BCUT2D eigenvalue weighted by molar-refractivity contribution is 5.78. The SMILES string of the molecule is CCCCC(CC)CC(=O)CCc1cccc(C)c1. The molecule has 1 unspecified atom stereocenters. The summed E-state index contributed by atoms with van der Waals surface area (Å²) in [5.41, 5.74) is 2.56. The Labute approximate surface area is 118 Å². The molecule has 0 radical (unpaired) electrons. The molecule has 0 saturated heterocycles. The zero-order valence-corrected chi connectivity index (χ0v) is 12.7. The van der Waals surface area contributed by atoms with Crippen molar-refractivity contribution in [2.75, 3.05) is 0 Å². The largest absolute Gasteiger partial charge is 0.300 e. The molecule has 1 rings (SSSR count). The molecule has 0 amide bonds. The van der Waals surface area contributed by atoms with Crippen molar-refractivity contribution in [3.63, 3.8) is 0 Å². The maximum absolute atomic E-state index is 12.0. The van der Waals surface area contributed by atoms with Gasteiger partial charge in [-0.25, -0.2) is 0 Å². The summed E-state index contributed by atoms with van der Waals surface area (Å²) >= 11 is 0. The van der Waals surface area contributed by atoms with Gasteiger partial charge in [0.05, 0.1) is 0 Å². The van der Waals surface area contributed by atoms with Gasteiger partial charge in [0.15, 0.2) is 0 Å². The number of hydrogen-bond acceptors (Lipinski definition) is 1. The van der Waals surface area contributed by atoms with Crippen LogP contribution in [-0.4, -0.2) is 5.78 Å². The Hall–Kier alpha value is -1.11. The van der Waals surface area contributed by atoms with Crippen molar-refractivity contribution in [1.29, 1.82) is 0 Å². The monoisotopic (exact) mass is 260 g/mol. The Bertz CT molecular complexity index is 381. The van der Waals surface area contributed by atoms with Gasteiger partial charge < -0.3 is 0 Å². The molecule has 1 aromatic carbocycles. The topological polar surface area (TPSA) is 17.1 Å². The van der Waals surface area contributed by atoms with Crippen LogP contribution in [0.1, 0.15) is 63.5 Å². The van der Waals surface area contributed by atoms with Crippen molar-refractivity contribution in [3.8, 4) is 0 Å². The quantitative estimate of drug-likeness (QED) is 0.603. The summed E-state index contributed by atoms with van der Waals surface area (Å²) in [6.45, 7) is 6.52. The molecule has 106 valence electrons. The molecule has 0 aliphatic rings. The van der Waals surface area contributed by atoms with Crippen molar-refractivity contribution >= 4 is 5.78 Å². The van der Waals surface area contributed by atoms with Crippen molar-refractivity contribution in [3.05, 3.63) is 35.4 Å². The van der Waals surface area contributed by atoms with Crippen LogP contribution in [0.3, 0.4) is 0 Å². The second kappa shape index (κ2) is 8.90. The number of benzene rings is 1. The van der Waals surface area contributed by atoms with Crippen LogP contribution >= 0.6 is 0 Å². The predicted molar refractivity (Wildman–Crippen MR) is 82.4 cm³/mol. The lowest BCUT2D eigenvalue weighted by atomic mass is 9.92. The molecule has 0 fully saturated rings. The molecule has 0 N–H and O–H groups in total. The summed E-state index contributed by atoms with van der Waals surface area (Å²) < 4.78 is 0. The summed E-state index contributed by atoms with van der Waals surface area (Å²) in [4.78, 5) is 12.0. The summed E-state index contributed by atoms with van der Waals surface area (Å²) in [6.07, 6.45) is 7.20. The van der Waals surface area contributed by atoms with E-state index < -0.39 is 0 Å². The number of Topliss-reactive ketones (excluding diaryl/α,β-unsaturated/α-hetero) is 1. The van der Waals surface area contributed by atoms with E-state index in [0.717, 1.165) is 19.3 Å². The maximum atomic E-state index is 12.0. The predicted octanol–water partition coefficient (Wildman–Crippen LogP) is 5.10. The van der Waals surface area contributed by atoms with Crippen molar-refractivity contribution in [2.24, 2.45) is 5.92 Å². The van der Waals surface area contributed by atoms with Gasteiger partial charge in [0.25, 0.3) is 0 Å². The van der Waals surface area contributed by atoms with E-state index in [0.29, 0.717) is 18.1 Å². The van der Waals surface area contributed by atoms with Crippen molar-refractivity contribution in [1.82, 2.24) is 0 Å². The van der Waals surface area contributed by atoms with Gasteiger partial charge in [-0.15, -0.1) is 0 Å². The van der Waals surface area contributed by atoms with Crippen LogP contribution < -0.4 is 0 Å². The third-order valence-electron chi connectivity index (χ3n) is 3.83. The summed E-state index contributed by atoms with van der Waals surface area (Å²) in [6, 6.07) is 8.48. The fourth-order valence-electron chi connectivity index (χ4n) is 2.52. The van der Waals surface area contributed by atoms with Crippen LogP contribution in [0, 0.1) is 12.8 Å². The van der Waals surface area contributed by atoms with Gasteiger partial charge in [-0.05, 0) is 24.8 Å². The highest BCUT2D eigenvalue weighted by Gasteiger charge is 2.11. The van der Waals surface area contributed by atoms with Gasteiger partial charge >= 0.3 is 0 Å². The molecule has 0 aromatic heterocycles. The maximum Gasteiger partial charge on any atom is 0.133 e. The minimum absolute atomic E-state index is 0.435. The average molecular weight is 260 g/mol. The number of hydrogen-bond donors (Lipinski definition) is 0. The van der Waals surface area contributed by atoms with Gasteiger partial charge in [-0.3, -0.25) is 4.79 Å². The van der Waals surface area contributed by atoms with Crippen molar-refractivity contribution < 1.29 is 4.79 Å². The molecule has 1 aromatic rings. The minimum atomic E-state index is 0.435. The first-order valence-corrected chi connectivity index (χ1v) is 7.73. The molecule has 1 atom stereocenters. The number of carbonyl (C=O) groups is 1. The number of unbranched alkanes of at least 4 members (excludes halogenated alkanes) is 1. The molecular weight excluding hydrogens is 232 g/mol. The summed E-state index contributed by atoms with van der Waals surface area (Å²) in [5.74, 6) is 1.04. The Kier molecular flexibility index (Phi) is 7.47. The van der Waals surface area contributed by atoms with Gasteiger partial charge in [0, 0.05) is 12.8 Å². The van der Waals surface area contributed by atoms with Gasteiger partial charge in [0.1, 0.15) is 5.78 Å². The Morgan fingerprint density at radius 2 is 2.05 bits per heavy atom. The Morgan fingerprint density at radius 3 is 2.68 bits per heavy atom. The molecule has 0 bridgehead atoms. The zero-order chi connectivity index (χ0) is 14.1. The first-order chi connectivity index (χ1) is 9.15. The van der Waals surface area contributed by atoms with E-state index in [1.165, 1.54) is 30.4 Å². The average Bonchev–Trinajstić information content (AvgIpc) is 2.41. The third kappa shape index (κ3) is 6.56. The standard InChI is InChI=1S/C18H28O/c1-4-6-9-16(5-2)14-18(19)12-11-17-10-7-8-15(3)13-17/h7-8,10,13,16H,4-6,9,11-12,14H2,1-3H3. The van der Waals surface area contributed by atoms with Crippen LogP contribution in [0.15, 0.2) is 24.3 Å². The lowest BCUT2D eigenvalue weighted by Crippen LogP contribution is -2.09. The number of carbonyl (C=O) groups excluding carboxylic acids is 1. The van der Waals surface area contributed by atoms with Crippen LogP contribution in [0.25, 0.3) is 0 Å². The van der Waals surface area contributed by atoms with Gasteiger partial charge in [0.2, 0.25) is 0 Å².